The van der Waals surface area contributed by atoms with Gasteiger partial charge in [0.15, 0.2) is 0 Å². The highest BCUT2D eigenvalue weighted by molar-refractivity contribution is 6.05. The maximum atomic E-state index is 13.4. The third-order valence-corrected chi connectivity index (χ3v) is 2.69. The van der Waals surface area contributed by atoms with E-state index in [-0.39, 0.29) is 5.69 Å². The zero-order valence-corrected chi connectivity index (χ0v) is 10.2. The normalized spacial score (nSPS) is 10.3. The number of hydrogen-bond acceptors (Lipinski definition) is 2. The summed E-state index contributed by atoms with van der Waals surface area (Å²) in [6.45, 7) is 1.75. The summed E-state index contributed by atoms with van der Waals surface area (Å²) < 4.78 is 26.2. The Balaban J connectivity index is 2.28. The molecule has 0 unspecified atom stereocenters. The second-order valence-corrected chi connectivity index (χ2v) is 4.15. The molecule has 0 heterocycles. The van der Waals surface area contributed by atoms with Gasteiger partial charge in [0.2, 0.25) is 0 Å². The van der Waals surface area contributed by atoms with E-state index >= 15 is 0 Å². The molecule has 3 nitrogen and oxygen atoms in total. The van der Waals surface area contributed by atoms with Crippen LogP contribution in [0.5, 0.6) is 0 Å². The number of carbonyl (C=O) groups excluding carboxylic acids is 1. The molecular formula is C14H12F2N2O. The molecule has 0 aliphatic rings. The molecule has 0 bridgehead atoms. The molecule has 0 spiro atoms. The predicted molar refractivity (Wildman–Crippen MR) is 69.9 cm³/mol. The van der Waals surface area contributed by atoms with Crippen molar-refractivity contribution in [1.29, 1.82) is 0 Å². The number of aryl methyl sites for hydroxylation is 1. The van der Waals surface area contributed by atoms with Gasteiger partial charge in [-0.3, -0.25) is 4.79 Å². The van der Waals surface area contributed by atoms with Crippen molar-refractivity contribution in [2.24, 2.45) is 0 Å². The van der Waals surface area contributed by atoms with Gasteiger partial charge in [-0.25, -0.2) is 8.78 Å². The fourth-order valence-corrected chi connectivity index (χ4v) is 1.66. The monoisotopic (exact) mass is 262 g/mol. The average Bonchev–Trinajstić information content (AvgIpc) is 2.35. The molecule has 1 amide bonds. The Morgan fingerprint density at radius 2 is 1.89 bits per heavy atom. The molecule has 2 aromatic rings. The van der Waals surface area contributed by atoms with Gasteiger partial charge in [0.05, 0.1) is 5.69 Å². The molecule has 19 heavy (non-hydrogen) atoms. The van der Waals surface area contributed by atoms with Gasteiger partial charge in [0.25, 0.3) is 5.91 Å². The van der Waals surface area contributed by atoms with Crippen LogP contribution < -0.4 is 11.1 Å². The first kappa shape index (κ1) is 13.0. The van der Waals surface area contributed by atoms with Crippen LogP contribution in [0.1, 0.15) is 15.9 Å². The van der Waals surface area contributed by atoms with Crippen LogP contribution in [0.3, 0.4) is 0 Å². The molecule has 0 saturated heterocycles. The van der Waals surface area contributed by atoms with Crippen molar-refractivity contribution in [2.75, 3.05) is 11.1 Å². The van der Waals surface area contributed by atoms with Crippen LogP contribution in [0.15, 0.2) is 36.4 Å². The SMILES string of the molecule is Cc1ccc(N)cc1C(=O)Nc1ccc(F)cc1F. The summed E-state index contributed by atoms with van der Waals surface area (Å²) in [7, 11) is 0. The average molecular weight is 262 g/mol. The number of rotatable bonds is 2. The number of amides is 1. The maximum Gasteiger partial charge on any atom is 0.256 e. The van der Waals surface area contributed by atoms with Gasteiger partial charge < -0.3 is 11.1 Å². The Bertz CT molecular complexity index is 641. The first-order chi connectivity index (χ1) is 8.97. The Labute approximate surface area is 109 Å². The minimum atomic E-state index is -0.824. The van der Waals surface area contributed by atoms with E-state index in [1.54, 1.807) is 19.1 Å². The minimum absolute atomic E-state index is 0.0757. The number of nitrogens with one attached hydrogen (secondary N) is 1. The lowest BCUT2D eigenvalue weighted by Crippen LogP contribution is -2.14. The maximum absolute atomic E-state index is 13.4. The van der Waals surface area contributed by atoms with Gasteiger partial charge in [-0.1, -0.05) is 6.07 Å². The summed E-state index contributed by atoms with van der Waals surface area (Å²) in [6.07, 6.45) is 0. The molecule has 0 aromatic heterocycles. The molecule has 0 radical (unpaired) electrons. The van der Waals surface area contributed by atoms with Crippen LogP contribution in [0.25, 0.3) is 0 Å². The van der Waals surface area contributed by atoms with Crippen molar-refractivity contribution in [3.05, 3.63) is 59.2 Å². The quantitative estimate of drug-likeness (QED) is 0.817. The van der Waals surface area contributed by atoms with Gasteiger partial charge >= 0.3 is 0 Å². The molecule has 0 atom stereocenters. The van der Waals surface area contributed by atoms with Gasteiger partial charge in [-0.05, 0) is 36.8 Å². The highest BCUT2D eigenvalue weighted by Crippen LogP contribution is 2.18. The third kappa shape index (κ3) is 2.88. The smallest absolute Gasteiger partial charge is 0.256 e. The van der Waals surface area contributed by atoms with Crippen molar-refractivity contribution in [1.82, 2.24) is 0 Å². The van der Waals surface area contributed by atoms with E-state index in [2.05, 4.69) is 5.32 Å². The Morgan fingerprint density at radius 1 is 1.16 bits per heavy atom. The molecule has 0 fully saturated rings. The van der Waals surface area contributed by atoms with Gasteiger partial charge in [0, 0.05) is 17.3 Å². The molecule has 98 valence electrons. The van der Waals surface area contributed by atoms with Crippen LogP contribution >= 0.6 is 0 Å². The lowest BCUT2D eigenvalue weighted by atomic mass is 10.1. The number of halogens is 2. The highest BCUT2D eigenvalue weighted by Gasteiger charge is 2.12. The van der Waals surface area contributed by atoms with Gasteiger partial charge in [0.1, 0.15) is 11.6 Å². The third-order valence-electron chi connectivity index (χ3n) is 2.69. The number of anilines is 2. The molecule has 2 rings (SSSR count). The lowest BCUT2D eigenvalue weighted by molar-refractivity contribution is 0.102. The molecule has 3 N–H and O–H groups in total. The topological polar surface area (TPSA) is 55.1 Å². The molecule has 2 aromatic carbocycles. The van der Waals surface area contributed by atoms with Crippen LogP contribution in [-0.2, 0) is 0 Å². The Hall–Kier alpha value is -2.43. The number of benzene rings is 2. The number of carbonyl (C=O) groups is 1. The summed E-state index contributed by atoms with van der Waals surface area (Å²) in [4.78, 5) is 12.0. The van der Waals surface area contributed by atoms with Crippen LogP contribution in [-0.4, -0.2) is 5.91 Å². The first-order valence-electron chi connectivity index (χ1n) is 5.60. The number of hydrogen-bond donors (Lipinski definition) is 2. The lowest BCUT2D eigenvalue weighted by Gasteiger charge is -2.09. The van der Waals surface area contributed by atoms with E-state index in [0.717, 1.165) is 6.07 Å². The van der Waals surface area contributed by atoms with E-state index in [4.69, 9.17) is 5.73 Å². The van der Waals surface area contributed by atoms with E-state index in [1.165, 1.54) is 12.1 Å². The number of nitrogen functional groups attached to an aromatic ring is 1. The standard InChI is InChI=1S/C14H12F2N2O/c1-8-2-4-10(17)7-11(8)14(19)18-13-5-3-9(15)6-12(13)16/h2-7H,17H2,1H3,(H,18,19). The molecular weight excluding hydrogens is 250 g/mol. The van der Waals surface area contributed by atoms with E-state index in [9.17, 15) is 13.6 Å². The van der Waals surface area contributed by atoms with Crippen LogP contribution in [0.2, 0.25) is 0 Å². The Morgan fingerprint density at radius 3 is 2.58 bits per heavy atom. The molecule has 0 saturated carbocycles. The minimum Gasteiger partial charge on any atom is -0.399 e. The van der Waals surface area contributed by atoms with Crippen molar-refractivity contribution in [3.8, 4) is 0 Å². The highest BCUT2D eigenvalue weighted by atomic mass is 19.1. The van der Waals surface area contributed by atoms with Crippen molar-refractivity contribution >= 4 is 17.3 Å². The zero-order chi connectivity index (χ0) is 14.0. The Kier molecular flexibility index (Phi) is 3.46. The molecule has 5 heteroatoms. The second-order valence-electron chi connectivity index (χ2n) is 4.15. The number of nitrogens with two attached hydrogens (primary N) is 1. The van der Waals surface area contributed by atoms with E-state index < -0.39 is 17.5 Å². The predicted octanol–water partition coefficient (Wildman–Crippen LogP) is 3.11. The summed E-state index contributed by atoms with van der Waals surface area (Å²) in [5.74, 6) is -2.01. The first-order valence-corrected chi connectivity index (χ1v) is 5.60. The van der Waals surface area contributed by atoms with Crippen molar-refractivity contribution in [2.45, 2.75) is 6.92 Å². The molecule has 0 aliphatic carbocycles. The summed E-state index contributed by atoms with van der Waals surface area (Å²) >= 11 is 0. The fourth-order valence-electron chi connectivity index (χ4n) is 1.66. The van der Waals surface area contributed by atoms with Crippen LogP contribution in [0.4, 0.5) is 20.2 Å². The molecule has 0 aliphatic heterocycles. The van der Waals surface area contributed by atoms with E-state index in [1.807, 2.05) is 0 Å². The summed E-state index contributed by atoms with van der Waals surface area (Å²) in [5, 5.41) is 2.39. The van der Waals surface area contributed by atoms with Gasteiger partial charge in [-0.15, -0.1) is 0 Å². The van der Waals surface area contributed by atoms with Crippen molar-refractivity contribution in [3.63, 3.8) is 0 Å². The fraction of sp³-hybridized carbons (Fsp3) is 0.0714. The second kappa shape index (κ2) is 5.06. The van der Waals surface area contributed by atoms with Crippen molar-refractivity contribution < 1.29 is 13.6 Å². The van der Waals surface area contributed by atoms with Gasteiger partial charge in [-0.2, -0.15) is 0 Å². The van der Waals surface area contributed by atoms with Crippen LogP contribution in [0, 0.1) is 18.6 Å². The largest absolute Gasteiger partial charge is 0.399 e. The van der Waals surface area contributed by atoms with E-state index in [0.29, 0.717) is 22.9 Å². The summed E-state index contributed by atoms with van der Waals surface area (Å²) in [6, 6.07) is 7.83. The summed E-state index contributed by atoms with van der Waals surface area (Å²) in [5.41, 5.74) is 7.04. The zero-order valence-electron chi connectivity index (χ0n) is 10.2.